The Hall–Kier alpha value is -1.88. The van der Waals surface area contributed by atoms with Crippen molar-refractivity contribution in [1.29, 1.82) is 0 Å². The molecule has 0 saturated carbocycles. The number of pyridine rings is 1. The zero-order valence-electron chi connectivity index (χ0n) is 9.88. The van der Waals surface area contributed by atoms with Crippen molar-refractivity contribution in [3.05, 3.63) is 58.5 Å². The third kappa shape index (κ3) is 2.09. The maximum atomic E-state index is 12.4. The van der Waals surface area contributed by atoms with Gasteiger partial charge < -0.3 is 4.98 Å². The summed E-state index contributed by atoms with van der Waals surface area (Å²) in [5, 5.41) is 0. The first-order valence-electron chi connectivity index (χ1n) is 5.58. The average molecular weight is 263 g/mol. The lowest BCUT2D eigenvalue weighted by molar-refractivity contribution is 0.593. The summed E-state index contributed by atoms with van der Waals surface area (Å²) in [4.78, 5) is 14.2. The molecule has 1 aromatic heterocycles. The van der Waals surface area contributed by atoms with Crippen LogP contribution in [0.3, 0.4) is 0 Å². The summed E-state index contributed by atoms with van der Waals surface area (Å²) in [6.07, 6.45) is 1.95. The zero-order valence-corrected chi connectivity index (χ0v) is 10.7. The van der Waals surface area contributed by atoms with Gasteiger partial charge in [0, 0.05) is 6.20 Å². The van der Waals surface area contributed by atoms with Crippen molar-refractivity contribution in [1.82, 2.24) is 4.98 Å². The average Bonchev–Trinajstić information content (AvgIpc) is 2.39. The highest BCUT2D eigenvalue weighted by Crippen LogP contribution is 2.20. The second-order valence-corrected chi connectivity index (χ2v) is 5.72. The van der Waals surface area contributed by atoms with Gasteiger partial charge in [-0.25, -0.2) is 8.42 Å². The molecule has 0 saturated heterocycles. The lowest BCUT2D eigenvalue weighted by Crippen LogP contribution is -2.19. The summed E-state index contributed by atoms with van der Waals surface area (Å²) in [7, 11) is -3.76. The van der Waals surface area contributed by atoms with Gasteiger partial charge in [-0.05, 0) is 30.2 Å². The van der Waals surface area contributed by atoms with Crippen LogP contribution < -0.4 is 5.56 Å². The van der Waals surface area contributed by atoms with E-state index >= 15 is 0 Å². The highest BCUT2D eigenvalue weighted by molar-refractivity contribution is 7.91. The summed E-state index contributed by atoms with van der Waals surface area (Å²) in [5.41, 5.74) is -0.0409. The molecule has 1 heterocycles. The first kappa shape index (κ1) is 12.6. The van der Waals surface area contributed by atoms with Crippen molar-refractivity contribution in [3.63, 3.8) is 0 Å². The van der Waals surface area contributed by atoms with Gasteiger partial charge in [0.1, 0.15) is 4.90 Å². The maximum Gasteiger partial charge on any atom is 0.267 e. The first-order chi connectivity index (χ1) is 8.57. The minimum absolute atomic E-state index is 0.136. The van der Waals surface area contributed by atoms with Crippen molar-refractivity contribution in [2.75, 3.05) is 0 Å². The van der Waals surface area contributed by atoms with Gasteiger partial charge in [-0.3, -0.25) is 4.79 Å². The Bertz CT molecular complexity index is 703. The fourth-order valence-corrected chi connectivity index (χ4v) is 3.41. The molecule has 0 radical (unpaired) electrons. The molecule has 0 atom stereocenters. The number of rotatable bonds is 3. The molecule has 4 nitrogen and oxygen atoms in total. The Morgan fingerprint density at radius 1 is 1.11 bits per heavy atom. The smallest absolute Gasteiger partial charge is 0.267 e. The minimum atomic E-state index is -3.76. The molecular weight excluding hydrogens is 250 g/mol. The van der Waals surface area contributed by atoms with Crippen LogP contribution >= 0.6 is 0 Å². The molecule has 0 fully saturated rings. The highest BCUT2D eigenvalue weighted by atomic mass is 32.2. The van der Waals surface area contributed by atoms with Crippen molar-refractivity contribution >= 4 is 9.84 Å². The number of nitrogens with one attached hydrogen (secondary N) is 1. The van der Waals surface area contributed by atoms with E-state index < -0.39 is 15.4 Å². The molecule has 94 valence electrons. The number of aromatic nitrogens is 1. The Kier molecular flexibility index (Phi) is 3.34. The highest BCUT2D eigenvalue weighted by Gasteiger charge is 2.23. The molecule has 2 aromatic rings. The Labute approximate surface area is 105 Å². The van der Waals surface area contributed by atoms with E-state index in [1.807, 2.05) is 6.92 Å². The normalized spacial score (nSPS) is 11.4. The number of aryl methyl sites for hydroxylation is 1. The van der Waals surface area contributed by atoms with Gasteiger partial charge in [0.15, 0.2) is 0 Å². The molecule has 0 aliphatic carbocycles. The minimum Gasteiger partial charge on any atom is -0.328 e. The van der Waals surface area contributed by atoms with Gasteiger partial charge in [0.25, 0.3) is 5.56 Å². The van der Waals surface area contributed by atoms with Crippen LogP contribution in [0, 0.1) is 0 Å². The van der Waals surface area contributed by atoms with E-state index in [9.17, 15) is 13.2 Å². The molecular formula is C13H13NO3S. The third-order valence-corrected chi connectivity index (χ3v) is 4.58. The van der Waals surface area contributed by atoms with Gasteiger partial charge in [-0.15, -0.1) is 0 Å². The van der Waals surface area contributed by atoms with E-state index in [0.29, 0.717) is 12.0 Å². The molecule has 5 heteroatoms. The summed E-state index contributed by atoms with van der Waals surface area (Å²) in [5.74, 6) is 0. The molecule has 0 amide bonds. The first-order valence-corrected chi connectivity index (χ1v) is 7.06. The molecule has 0 bridgehead atoms. The fourth-order valence-electron chi connectivity index (χ4n) is 1.80. The van der Waals surface area contributed by atoms with Crippen molar-refractivity contribution < 1.29 is 8.42 Å². The summed E-state index contributed by atoms with van der Waals surface area (Å²) in [6.45, 7) is 1.82. The Morgan fingerprint density at radius 2 is 1.78 bits per heavy atom. The van der Waals surface area contributed by atoms with Gasteiger partial charge in [0.2, 0.25) is 9.84 Å². The number of H-pyrrole nitrogens is 1. The number of benzene rings is 1. The Morgan fingerprint density at radius 3 is 2.39 bits per heavy atom. The predicted octanol–water partition coefficient (Wildman–Crippen LogP) is 1.77. The van der Waals surface area contributed by atoms with Gasteiger partial charge in [-0.2, -0.15) is 0 Å². The standard InChI is InChI=1S/C13H13NO3S/c1-2-10-8-9-14-13(15)12(10)18(16,17)11-6-4-3-5-7-11/h3-9H,2H2,1H3,(H,14,15). The van der Waals surface area contributed by atoms with Crippen LogP contribution in [0.4, 0.5) is 0 Å². The van der Waals surface area contributed by atoms with Crippen molar-refractivity contribution in [2.45, 2.75) is 23.1 Å². The van der Waals surface area contributed by atoms with Crippen molar-refractivity contribution in [2.24, 2.45) is 0 Å². The summed E-state index contributed by atoms with van der Waals surface area (Å²) in [6, 6.07) is 9.60. The maximum absolute atomic E-state index is 12.4. The zero-order chi connectivity index (χ0) is 13.2. The number of sulfone groups is 1. The van der Waals surface area contributed by atoms with E-state index in [4.69, 9.17) is 0 Å². The second kappa shape index (κ2) is 4.78. The van der Waals surface area contributed by atoms with Gasteiger partial charge in [0.05, 0.1) is 4.90 Å². The molecule has 1 N–H and O–H groups in total. The Balaban J connectivity index is 2.74. The van der Waals surface area contributed by atoms with E-state index in [2.05, 4.69) is 4.98 Å². The van der Waals surface area contributed by atoms with Crippen LogP contribution in [0.5, 0.6) is 0 Å². The lowest BCUT2D eigenvalue weighted by atomic mass is 10.2. The van der Waals surface area contributed by atoms with E-state index in [1.54, 1.807) is 24.3 Å². The van der Waals surface area contributed by atoms with E-state index in [-0.39, 0.29) is 9.79 Å². The molecule has 0 aliphatic rings. The van der Waals surface area contributed by atoms with Crippen LogP contribution in [0.15, 0.2) is 57.2 Å². The van der Waals surface area contributed by atoms with E-state index in [0.717, 1.165) is 0 Å². The fraction of sp³-hybridized carbons (Fsp3) is 0.154. The van der Waals surface area contributed by atoms with Gasteiger partial charge in [-0.1, -0.05) is 25.1 Å². The lowest BCUT2D eigenvalue weighted by Gasteiger charge is -2.07. The van der Waals surface area contributed by atoms with Crippen LogP contribution in [0.25, 0.3) is 0 Å². The quantitative estimate of drug-likeness (QED) is 0.917. The van der Waals surface area contributed by atoms with Crippen LogP contribution in [0.2, 0.25) is 0 Å². The topological polar surface area (TPSA) is 67.0 Å². The molecule has 18 heavy (non-hydrogen) atoms. The number of hydrogen-bond donors (Lipinski definition) is 1. The number of hydrogen-bond acceptors (Lipinski definition) is 3. The monoisotopic (exact) mass is 263 g/mol. The molecule has 0 unspecified atom stereocenters. The van der Waals surface area contributed by atoms with E-state index in [1.165, 1.54) is 18.3 Å². The molecule has 0 spiro atoms. The second-order valence-electron chi connectivity index (χ2n) is 3.83. The molecule has 2 rings (SSSR count). The molecule has 0 aliphatic heterocycles. The van der Waals surface area contributed by atoms with Gasteiger partial charge >= 0.3 is 0 Å². The molecule has 1 aromatic carbocycles. The largest absolute Gasteiger partial charge is 0.328 e. The summed E-state index contributed by atoms with van der Waals surface area (Å²) >= 11 is 0. The number of aromatic amines is 1. The third-order valence-electron chi connectivity index (χ3n) is 2.70. The van der Waals surface area contributed by atoms with Crippen molar-refractivity contribution in [3.8, 4) is 0 Å². The van der Waals surface area contributed by atoms with Crippen LogP contribution in [-0.4, -0.2) is 13.4 Å². The summed E-state index contributed by atoms with van der Waals surface area (Å²) < 4.78 is 24.8. The predicted molar refractivity (Wildman–Crippen MR) is 68.3 cm³/mol. The van der Waals surface area contributed by atoms with Crippen LogP contribution in [0.1, 0.15) is 12.5 Å². The van der Waals surface area contributed by atoms with Crippen LogP contribution in [-0.2, 0) is 16.3 Å². The SMILES string of the molecule is CCc1cc[nH]c(=O)c1S(=O)(=O)c1ccccc1.